The molecular formula is C11H13ClO3. The molecular weight excluding hydrogens is 216 g/mol. The van der Waals surface area contributed by atoms with Gasteiger partial charge in [-0.2, -0.15) is 0 Å². The van der Waals surface area contributed by atoms with Crippen LogP contribution in [0.3, 0.4) is 0 Å². The van der Waals surface area contributed by atoms with Gasteiger partial charge in [0.05, 0.1) is 6.61 Å². The molecule has 1 unspecified atom stereocenters. The van der Waals surface area contributed by atoms with E-state index >= 15 is 0 Å². The number of carboxylic acids is 1. The standard InChI is InChI=1S/C11H13ClO3/c1-3-15-9-5-4-8(6-7(9)2)10(12)11(13)14/h4-6,10H,3H2,1-2H3,(H,13,14). The van der Waals surface area contributed by atoms with Crippen LogP contribution in [0.5, 0.6) is 5.75 Å². The second-order valence-electron chi connectivity index (χ2n) is 3.16. The van der Waals surface area contributed by atoms with Gasteiger partial charge < -0.3 is 9.84 Å². The minimum atomic E-state index is -1.04. The highest BCUT2D eigenvalue weighted by Crippen LogP contribution is 2.26. The minimum absolute atomic E-state index is 0.574. The van der Waals surface area contributed by atoms with Gasteiger partial charge in [-0.25, -0.2) is 0 Å². The van der Waals surface area contributed by atoms with E-state index in [1.807, 2.05) is 13.8 Å². The van der Waals surface area contributed by atoms with Crippen molar-refractivity contribution in [1.29, 1.82) is 0 Å². The molecule has 0 amide bonds. The molecule has 0 spiro atoms. The van der Waals surface area contributed by atoms with Crippen molar-refractivity contribution in [3.63, 3.8) is 0 Å². The van der Waals surface area contributed by atoms with Gasteiger partial charge in [0.2, 0.25) is 0 Å². The van der Waals surface area contributed by atoms with Crippen molar-refractivity contribution in [3.8, 4) is 5.75 Å². The zero-order valence-corrected chi connectivity index (χ0v) is 9.41. The number of carbonyl (C=O) groups is 1. The van der Waals surface area contributed by atoms with Gasteiger partial charge in [-0.1, -0.05) is 12.1 Å². The van der Waals surface area contributed by atoms with Gasteiger partial charge in [0.15, 0.2) is 5.38 Å². The first-order valence-corrected chi connectivity index (χ1v) is 5.10. The molecule has 0 aliphatic heterocycles. The topological polar surface area (TPSA) is 46.5 Å². The van der Waals surface area contributed by atoms with Crippen molar-refractivity contribution in [3.05, 3.63) is 29.3 Å². The van der Waals surface area contributed by atoms with Crippen molar-refractivity contribution >= 4 is 17.6 Å². The summed E-state index contributed by atoms with van der Waals surface area (Å²) in [6, 6.07) is 5.15. The SMILES string of the molecule is CCOc1ccc(C(Cl)C(=O)O)cc1C. The van der Waals surface area contributed by atoms with Gasteiger partial charge in [-0.15, -0.1) is 11.6 Å². The van der Waals surface area contributed by atoms with Crippen LogP contribution in [0.15, 0.2) is 18.2 Å². The van der Waals surface area contributed by atoms with Crippen LogP contribution in [0, 0.1) is 6.92 Å². The maximum Gasteiger partial charge on any atom is 0.326 e. The third-order valence-corrected chi connectivity index (χ3v) is 2.45. The lowest BCUT2D eigenvalue weighted by molar-refractivity contribution is -0.136. The highest BCUT2D eigenvalue weighted by atomic mass is 35.5. The fraction of sp³-hybridized carbons (Fsp3) is 0.364. The Kier molecular flexibility index (Phi) is 3.97. The maximum absolute atomic E-state index is 10.7. The van der Waals surface area contributed by atoms with Gasteiger partial charge in [0.1, 0.15) is 5.75 Å². The summed E-state index contributed by atoms with van der Waals surface area (Å²) in [5, 5.41) is 7.74. The molecule has 0 saturated heterocycles. The molecule has 82 valence electrons. The zero-order valence-electron chi connectivity index (χ0n) is 8.66. The van der Waals surface area contributed by atoms with Gasteiger partial charge in [-0.05, 0) is 31.0 Å². The number of carboxylic acid groups (broad SMARTS) is 1. The molecule has 1 aromatic rings. The summed E-state index contributed by atoms with van der Waals surface area (Å²) in [5.41, 5.74) is 1.46. The number of hydrogen-bond donors (Lipinski definition) is 1. The Morgan fingerprint density at radius 3 is 2.73 bits per heavy atom. The molecule has 1 N–H and O–H groups in total. The molecule has 1 atom stereocenters. The number of benzene rings is 1. The number of aliphatic carboxylic acids is 1. The van der Waals surface area contributed by atoms with Crippen molar-refractivity contribution in [1.82, 2.24) is 0 Å². The molecule has 3 nitrogen and oxygen atoms in total. The lowest BCUT2D eigenvalue weighted by Crippen LogP contribution is -2.05. The minimum Gasteiger partial charge on any atom is -0.494 e. The molecule has 0 saturated carbocycles. The van der Waals surface area contributed by atoms with Crippen LogP contribution in [0.25, 0.3) is 0 Å². The number of halogens is 1. The maximum atomic E-state index is 10.7. The molecule has 1 aromatic carbocycles. The predicted octanol–water partition coefficient (Wildman–Crippen LogP) is 2.76. The zero-order chi connectivity index (χ0) is 11.4. The van der Waals surface area contributed by atoms with Crippen LogP contribution >= 0.6 is 11.6 Å². The van der Waals surface area contributed by atoms with E-state index in [0.717, 1.165) is 11.3 Å². The third kappa shape index (κ3) is 2.86. The molecule has 0 fully saturated rings. The Labute approximate surface area is 93.6 Å². The second kappa shape index (κ2) is 5.03. The lowest BCUT2D eigenvalue weighted by atomic mass is 10.1. The Morgan fingerprint density at radius 1 is 1.60 bits per heavy atom. The monoisotopic (exact) mass is 228 g/mol. The fourth-order valence-corrected chi connectivity index (χ4v) is 1.43. The molecule has 0 bridgehead atoms. The average molecular weight is 229 g/mol. The normalized spacial score (nSPS) is 12.2. The van der Waals surface area contributed by atoms with Gasteiger partial charge >= 0.3 is 5.97 Å². The van der Waals surface area contributed by atoms with Crippen molar-refractivity contribution in [2.45, 2.75) is 19.2 Å². The first-order chi connectivity index (χ1) is 7.06. The third-order valence-electron chi connectivity index (χ3n) is 2.01. The molecule has 0 aliphatic rings. The summed E-state index contributed by atoms with van der Waals surface area (Å²) in [7, 11) is 0. The highest BCUT2D eigenvalue weighted by Gasteiger charge is 2.16. The molecule has 15 heavy (non-hydrogen) atoms. The van der Waals surface area contributed by atoms with Gasteiger partial charge in [0.25, 0.3) is 0 Å². The van der Waals surface area contributed by atoms with Crippen LogP contribution in [0.4, 0.5) is 0 Å². The number of ether oxygens (including phenoxy) is 1. The molecule has 0 heterocycles. The quantitative estimate of drug-likeness (QED) is 0.806. The number of hydrogen-bond acceptors (Lipinski definition) is 2. The summed E-state index contributed by atoms with van der Waals surface area (Å²) in [4.78, 5) is 10.7. The van der Waals surface area contributed by atoms with Crippen LogP contribution in [-0.4, -0.2) is 17.7 Å². The lowest BCUT2D eigenvalue weighted by Gasteiger charge is -2.10. The molecule has 0 aromatic heterocycles. The Balaban J connectivity index is 2.95. The van der Waals surface area contributed by atoms with Crippen LogP contribution in [0.1, 0.15) is 23.4 Å². The van der Waals surface area contributed by atoms with Gasteiger partial charge in [0, 0.05) is 0 Å². The number of aryl methyl sites for hydroxylation is 1. The number of alkyl halides is 1. The van der Waals surface area contributed by atoms with E-state index in [9.17, 15) is 4.79 Å². The van der Waals surface area contributed by atoms with E-state index in [-0.39, 0.29) is 0 Å². The smallest absolute Gasteiger partial charge is 0.326 e. The molecule has 0 radical (unpaired) electrons. The Hall–Kier alpha value is -1.22. The first kappa shape index (κ1) is 11.9. The van der Waals surface area contributed by atoms with E-state index in [1.54, 1.807) is 18.2 Å². The summed E-state index contributed by atoms with van der Waals surface area (Å²) < 4.78 is 5.34. The van der Waals surface area contributed by atoms with Crippen LogP contribution in [0.2, 0.25) is 0 Å². The van der Waals surface area contributed by atoms with E-state index < -0.39 is 11.3 Å². The van der Waals surface area contributed by atoms with Crippen LogP contribution in [-0.2, 0) is 4.79 Å². The fourth-order valence-electron chi connectivity index (χ4n) is 1.29. The predicted molar refractivity (Wildman–Crippen MR) is 58.6 cm³/mol. The van der Waals surface area contributed by atoms with Gasteiger partial charge in [-0.3, -0.25) is 4.79 Å². The Morgan fingerprint density at radius 2 is 2.27 bits per heavy atom. The van der Waals surface area contributed by atoms with E-state index in [2.05, 4.69) is 0 Å². The van der Waals surface area contributed by atoms with E-state index in [4.69, 9.17) is 21.4 Å². The van der Waals surface area contributed by atoms with Crippen molar-refractivity contribution < 1.29 is 14.6 Å². The summed E-state index contributed by atoms with van der Waals surface area (Å²) >= 11 is 5.70. The summed E-state index contributed by atoms with van der Waals surface area (Å²) in [6.45, 7) is 4.35. The summed E-state index contributed by atoms with van der Waals surface area (Å²) in [5.74, 6) is -0.282. The average Bonchev–Trinajstić information content (AvgIpc) is 2.20. The van der Waals surface area contributed by atoms with Crippen molar-refractivity contribution in [2.75, 3.05) is 6.61 Å². The largest absolute Gasteiger partial charge is 0.494 e. The Bertz CT molecular complexity index is 363. The highest BCUT2D eigenvalue weighted by molar-refractivity contribution is 6.29. The number of rotatable bonds is 4. The van der Waals surface area contributed by atoms with E-state index in [1.165, 1.54) is 0 Å². The molecule has 0 aliphatic carbocycles. The first-order valence-electron chi connectivity index (χ1n) is 4.66. The molecule has 4 heteroatoms. The summed E-state index contributed by atoms with van der Waals surface area (Å²) in [6.07, 6.45) is 0. The van der Waals surface area contributed by atoms with E-state index in [0.29, 0.717) is 12.2 Å². The van der Waals surface area contributed by atoms with Crippen LogP contribution < -0.4 is 4.74 Å². The van der Waals surface area contributed by atoms with Crippen molar-refractivity contribution in [2.24, 2.45) is 0 Å². The molecule has 1 rings (SSSR count). The second-order valence-corrected chi connectivity index (χ2v) is 3.60.